The van der Waals surface area contributed by atoms with Gasteiger partial charge < -0.3 is 4.74 Å². The Hall–Kier alpha value is -2.06. The van der Waals surface area contributed by atoms with Gasteiger partial charge in [0.25, 0.3) is 0 Å². The van der Waals surface area contributed by atoms with Gasteiger partial charge in [-0.15, -0.1) is 0 Å². The molecule has 1 aliphatic heterocycles. The first-order valence-corrected chi connectivity index (χ1v) is 10.7. The average Bonchev–Trinajstić information content (AvgIpc) is 2.67. The van der Waals surface area contributed by atoms with Crippen molar-refractivity contribution in [3.05, 3.63) is 65.7 Å². The lowest BCUT2D eigenvalue weighted by Crippen LogP contribution is -2.43. The maximum absolute atomic E-state index is 13.1. The molecule has 4 nitrogen and oxygen atoms in total. The molecule has 8 heteroatoms. The van der Waals surface area contributed by atoms with Crippen molar-refractivity contribution >= 4 is 10.0 Å². The summed E-state index contributed by atoms with van der Waals surface area (Å²) in [7, 11) is -3.41. The molecule has 3 rings (SSSR count). The van der Waals surface area contributed by atoms with Crippen LogP contribution in [0.4, 0.5) is 13.2 Å². The highest BCUT2D eigenvalue weighted by Gasteiger charge is 2.35. The molecule has 28 heavy (non-hydrogen) atoms. The Morgan fingerprint density at radius 3 is 2.21 bits per heavy atom. The first kappa shape index (κ1) is 20.7. The number of alkyl halides is 3. The molecule has 0 saturated carbocycles. The van der Waals surface area contributed by atoms with E-state index in [9.17, 15) is 21.6 Å². The molecule has 1 heterocycles. The third-order valence-corrected chi connectivity index (χ3v) is 6.64. The van der Waals surface area contributed by atoms with E-state index in [1.165, 1.54) is 22.5 Å². The molecule has 0 aromatic heterocycles. The number of sulfonamides is 1. The topological polar surface area (TPSA) is 46.6 Å². The Labute approximate surface area is 163 Å². The number of hydrogen-bond acceptors (Lipinski definition) is 3. The Bertz CT molecular complexity index is 877. The van der Waals surface area contributed by atoms with Crippen molar-refractivity contribution in [3.63, 3.8) is 0 Å². The zero-order valence-electron chi connectivity index (χ0n) is 15.2. The minimum Gasteiger partial charge on any atom is -0.490 e. The van der Waals surface area contributed by atoms with Gasteiger partial charge in [-0.1, -0.05) is 42.5 Å². The lowest BCUT2D eigenvalue weighted by molar-refractivity contribution is -0.139. The van der Waals surface area contributed by atoms with Gasteiger partial charge in [-0.2, -0.15) is 13.2 Å². The number of aryl methyl sites for hydroxylation is 1. The van der Waals surface area contributed by atoms with Crippen LogP contribution in [0.3, 0.4) is 0 Å². The van der Waals surface area contributed by atoms with Gasteiger partial charge in [0.15, 0.2) is 0 Å². The second kappa shape index (κ2) is 8.53. The van der Waals surface area contributed by atoms with Gasteiger partial charge in [-0.25, -0.2) is 12.7 Å². The number of rotatable bonds is 6. The standard InChI is InChI=1S/C20H22F3NO3S/c21-20(22,23)18-8-4-5-9-19(18)27-17-10-13-24(14-11-17)28(25,26)15-12-16-6-2-1-3-7-16/h1-9,17H,10-15H2. The molecule has 0 amide bonds. The third-order valence-electron chi connectivity index (χ3n) is 4.77. The number of piperidine rings is 1. The maximum Gasteiger partial charge on any atom is 0.419 e. The zero-order chi connectivity index (χ0) is 20.2. The zero-order valence-corrected chi connectivity index (χ0v) is 16.0. The van der Waals surface area contributed by atoms with Gasteiger partial charge in [-0.3, -0.25) is 0 Å². The fraction of sp³-hybridized carbons (Fsp3) is 0.400. The van der Waals surface area contributed by atoms with Crippen molar-refractivity contribution in [2.24, 2.45) is 0 Å². The van der Waals surface area contributed by atoms with Crippen LogP contribution in [0.1, 0.15) is 24.0 Å². The number of nitrogens with zero attached hydrogens (tertiary/aromatic N) is 1. The molecule has 0 bridgehead atoms. The van der Waals surface area contributed by atoms with E-state index in [1.54, 1.807) is 0 Å². The molecule has 1 aliphatic rings. The summed E-state index contributed by atoms with van der Waals surface area (Å²) in [5.74, 6) is -0.195. The molecule has 2 aromatic rings. The molecule has 2 aromatic carbocycles. The first-order valence-electron chi connectivity index (χ1n) is 9.10. The Kier molecular flexibility index (Phi) is 6.30. The van der Waals surface area contributed by atoms with E-state index >= 15 is 0 Å². The van der Waals surface area contributed by atoms with Gasteiger partial charge in [0.05, 0.1) is 11.3 Å². The van der Waals surface area contributed by atoms with Gasteiger partial charge in [0.1, 0.15) is 11.9 Å². The summed E-state index contributed by atoms with van der Waals surface area (Å²) in [6, 6.07) is 14.5. The molecule has 0 unspecified atom stereocenters. The van der Waals surface area contributed by atoms with Gasteiger partial charge >= 0.3 is 6.18 Å². The molecule has 0 N–H and O–H groups in total. The summed E-state index contributed by atoms with van der Waals surface area (Å²) in [5.41, 5.74) is 0.140. The van der Waals surface area contributed by atoms with E-state index in [-0.39, 0.29) is 24.6 Å². The number of halogens is 3. The highest BCUT2D eigenvalue weighted by molar-refractivity contribution is 7.89. The Balaban J connectivity index is 1.56. The lowest BCUT2D eigenvalue weighted by Gasteiger charge is -2.32. The number of benzene rings is 2. The highest BCUT2D eigenvalue weighted by Crippen LogP contribution is 2.37. The molecule has 1 fully saturated rings. The highest BCUT2D eigenvalue weighted by atomic mass is 32.2. The van der Waals surface area contributed by atoms with Crippen LogP contribution in [-0.4, -0.2) is 37.7 Å². The number of ether oxygens (including phenoxy) is 1. The summed E-state index contributed by atoms with van der Waals surface area (Å²) >= 11 is 0. The van der Waals surface area contributed by atoms with E-state index < -0.39 is 27.9 Å². The van der Waals surface area contributed by atoms with Crippen LogP contribution in [0.25, 0.3) is 0 Å². The predicted octanol–water partition coefficient (Wildman–Crippen LogP) is 4.12. The maximum atomic E-state index is 13.1. The van der Waals surface area contributed by atoms with Gasteiger partial charge in [0, 0.05) is 13.1 Å². The molecular formula is C20H22F3NO3S. The Morgan fingerprint density at radius 1 is 0.964 bits per heavy atom. The van der Waals surface area contributed by atoms with E-state index in [2.05, 4.69) is 0 Å². The van der Waals surface area contributed by atoms with Gasteiger partial charge in [-0.05, 0) is 37.0 Å². The van der Waals surface area contributed by atoms with Crippen molar-refractivity contribution < 1.29 is 26.3 Å². The SMILES string of the molecule is O=S(=O)(CCc1ccccc1)N1CCC(Oc2ccccc2C(F)(F)F)CC1. The van der Waals surface area contributed by atoms with Crippen molar-refractivity contribution in [1.29, 1.82) is 0 Å². The summed E-state index contributed by atoms with van der Waals surface area (Å²) in [6.45, 7) is 0.492. The Morgan fingerprint density at radius 2 is 1.57 bits per heavy atom. The van der Waals surface area contributed by atoms with Crippen molar-refractivity contribution in [2.75, 3.05) is 18.8 Å². The summed E-state index contributed by atoms with van der Waals surface area (Å²) in [4.78, 5) is 0. The first-order chi connectivity index (χ1) is 13.3. The van der Waals surface area contributed by atoms with Crippen LogP contribution in [0.15, 0.2) is 54.6 Å². The van der Waals surface area contributed by atoms with E-state index in [1.807, 2.05) is 30.3 Å². The second-order valence-corrected chi connectivity index (χ2v) is 8.85. The molecule has 0 aliphatic carbocycles. The van der Waals surface area contributed by atoms with Crippen LogP contribution in [0.2, 0.25) is 0 Å². The molecule has 1 saturated heterocycles. The van der Waals surface area contributed by atoms with Crippen LogP contribution in [0.5, 0.6) is 5.75 Å². The fourth-order valence-corrected chi connectivity index (χ4v) is 4.75. The van der Waals surface area contributed by atoms with Crippen LogP contribution in [-0.2, 0) is 22.6 Å². The average molecular weight is 413 g/mol. The van der Waals surface area contributed by atoms with Crippen molar-refractivity contribution in [2.45, 2.75) is 31.5 Å². The third kappa shape index (κ3) is 5.26. The second-order valence-electron chi connectivity index (χ2n) is 6.76. The quantitative estimate of drug-likeness (QED) is 0.716. The predicted molar refractivity (Wildman–Crippen MR) is 101 cm³/mol. The summed E-state index contributed by atoms with van der Waals surface area (Å²) in [6.07, 6.45) is -3.78. The molecular weight excluding hydrogens is 391 g/mol. The molecule has 152 valence electrons. The smallest absolute Gasteiger partial charge is 0.419 e. The minimum absolute atomic E-state index is 0.0133. The fourth-order valence-electron chi connectivity index (χ4n) is 3.23. The summed E-state index contributed by atoms with van der Waals surface area (Å²) < 4.78 is 71.3. The number of para-hydroxylation sites is 1. The minimum atomic E-state index is -4.49. The van der Waals surface area contributed by atoms with Crippen LogP contribution >= 0.6 is 0 Å². The molecule has 0 radical (unpaired) electrons. The monoisotopic (exact) mass is 413 g/mol. The summed E-state index contributed by atoms with van der Waals surface area (Å²) in [5, 5.41) is 0. The van der Waals surface area contributed by atoms with E-state index in [0.29, 0.717) is 19.3 Å². The van der Waals surface area contributed by atoms with Crippen molar-refractivity contribution in [3.8, 4) is 5.75 Å². The molecule has 0 atom stereocenters. The van der Waals surface area contributed by atoms with Crippen molar-refractivity contribution in [1.82, 2.24) is 4.31 Å². The van der Waals surface area contributed by atoms with Crippen LogP contribution < -0.4 is 4.74 Å². The van der Waals surface area contributed by atoms with Crippen LogP contribution in [0, 0.1) is 0 Å². The van der Waals surface area contributed by atoms with E-state index in [4.69, 9.17) is 4.74 Å². The largest absolute Gasteiger partial charge is 0.490 e. The number of hydrogen-bond donors (Lipinski definition) is 0. The van der Waals surface area contributed by atoms with Gasteiger partial charge in [0.2, 0.25) is 10.0 Å². The lowest BCUT2D eigenvalue weighted by atomic mass is 10.1. The molecule has 0 spiro atoms. The normalized spacial score (nSPS) is 16.8. The van der Waals surface area contributed by atoms with E-state index in [0.717, 1.165) is 11.6 Å².